The third-order valence-electron chi connectivity index (χ3n) is 4.46. The van der Waals surface area contributed by atoms with Crippen molar-refractivity contribution in [1.82, 2.24) is 10.2 Å². The average Bonchev–Trinajstić information content (AvgIpc) is 3.23. The number of rotatable bonds is 7. The summed E-state index contributed by atoms with van der Waals surface area (Å²) in [6.45, 7) is -0.365. The number of hydrogen-bond acceptors (Lipinski definition) is 9. The highest BCUT2D eigenvalue weighted by Gasteiger charge is 2.66. The van der Waals surface area contributed by atoms with Gasteiger partial charge in [-0.15, -0.1) is 23.1 Å². The number of thiophene rings is 1. The number of nitrogens with one attached hydrogen (secondary N) is 1. The highest BCUT2D eigenvalue weighted by atomic mass is 32.2. The zero-order valence-electron chi connectivity index (χ0n) is 15.1. The van der Waals surface area contributed by atoms with Crippen LogP contribution in [0.4, 0.5) is 4.79 Å². The minimum atomic E-state index is -1.76. The van der Waals surface area contributed by atoms with Gasteiger partial charge >= 0.3 is 12.1 Å². The summed E-state index contributed by atoms with van der Waals surface area (Å²) in [7, 11) is 1.24. The van der Waals surface area contributed by atoms with Crippen molar-refractivity contribution in [2.24, 2.45) is 11.5 Å². The van der Waals surface area contributed by atoms with Crippen molar-refractivity contribution < 1.29 is 33.8 Å². The lowest BCUT2D eigenvalue weighted by molar-refractivity contribution is -0.192. The molecule has 13 heteroatoms. The monoisotopic (exact) mass is 442 g/mol. The van der Waals surface area contributed by atoms with Crippen LogP contribution in [0.2, 0.25) is 0 Å². The van der Waals surface area contributed by atoms with Crippen LogP contribution in [0.1, 0.15) is 10.9 Å². The van der Waals surface area contributed by atoms with E-state index in [2.05, 4.69) is 10.1 Å². The third kappa shape index (κ3) is 3.57. The number of aliphatic carboxylic acids is 1. The molecule has 29 heavy (non-hydrogen) atoms. The van der Waals surface area contributed by atoms with E-state index in [-0.39, 0.29) is 23.6 Å². The zero-order valence-corrected chi connectivity index (χ0v) is 16.7. The van der Waals surface area contributed by atoms with Gasteiger partial charge in [0.05, 0.1) is 0 Å². The van der Waals surface area contributed by atoms with Crippen LogP contribution < -0.4 is 16.8 Å². The van der Waals surface area contributed by atoms with E-state index in [1.54, 1.807) is 17.5 Å². The van der Waals surface area contributed by atoms with Crippen LogP contribution in [-0.2, 0) is 23.9 Å². The molecule has 1 saturated heterocycles. The van der Waals surface area contributed by atoms with Gasteiger partial charge in [0.15, 0.2) is 0 Å². The maximum Gasteiger partial charge on any atom is 0.404 e. The normalized spacial score (nSPS) is 24.4. The fourth-order valence-electron chi connectivity index (χ4n) is 3.07. The number of carboxylic acids is 1. The van der Waals surface area contributed by atoms with Gasteiger partial charge in [-0.05, 0) is 11.4 Å². The van der Waals surface area contributed by atoms with E-state index in [0.717, 1.165) is 16.7 Å². The first kappa shape index (κ1) is 21.1. The van der Waals surface area contributed by atoms with E-state index in [9.17, 15) is 24.3 Å². The van der Waals surface area contributed by atoms with Crippen molar-refractivity contribution >= 4 is 47.0 Å². The van der Waals surface area contributed by atoms with Crippen LogP contribution in [0.5, 0.6) is 0 Å². The number of carboxylic acid groups (broad SMARTS) is 1. The molecule has 0 aliphatic carbocycles. The van der Waals surface area contributed by atoms with Crippen molar-refractivity contribution in [3.05, 3.63) is 33.7 Å². The zero-order chi connectivity index (χ0) is 21.3. The Morgan fingerprint density at radius 1 is 1.48 bits per heavy atom. The number of primary amides is 1. The quantitative estimate of drug-likeness (QED) is 0.322. The summed E-state index contributed by atoms with van der Waals surface area (Å²) in [5, 5.41) is 13.0. The lowest BCUT2D eigenvalue weighted by atomic mass is 9.97. The van der Waals surface area contributed by atoms with Gasteiger partial charge in [-0.1, -0.05) is 6.07 Å². The van der Waals surface area contributed by atoms with Gasteiger partial charge in [0.2, 0.25) is 5.91 Å². The van der Waals surface area contributed by atoms with E-state index in [4.69, 9.17) is 16.2 Å². The molecule has 6 N–H and O–H groups in total. The molecule has 1 aromatic heterocycles. The third-order valence-corrected chi connectivity index (χ3v) is 6.79. The fourth-order valence-corrected chi connectivity index (χ4v) is 5.22. The van der Waals surface area contributed by atoms with E-state index in [1.165, 1.54) is 18.4 Å². The molecular formula is C16H18N4O7S2. The highest BCUT2D eigenvalue weighted by molar-refractivity contribution is 8.00. The van der Waals surface area contributed by atoms with Crippen LogP contribution in [-0.4, -0.2) is 64.5 Å². The number of β-lactam (4-membered cyclic amide) rings is 1. The van der Waals surface area contributed by atoms with E-state index < -0.39 is 41.0 Å². The van der Waals surface area contributed by atoms with Crippen molar-refractivity contribution in [3.8, 4) is 0 Å². The molecule has 1 aromatic rings. The number of ether oxygens (including phenoxy) is 2. The SMILES string of the molecule is CO[C@@]1(NC(=O)C(N)c2cccs2)C(=O)N2C(C(=O)O)=C(COC(N)=O)CS[C@@H]21. The van der Waals surface area contributed by atoms with Crippen LogP contribution in [0, 0.1) is 0 Å². The second kappa shape index (κ2) is 8.02. The molecular weight excluding hydrogens is 424 g/mol. The summed E-state index contributed by atoms with van der Waals surface area (Å²) < 4.78 is 10.0. The van der Waals surface area contributed by atoms with Gasteiger partial charge in [-0.25, -0.2) is 9.59 Å². The molecule has 2 aliphatic heterocycles. The number of nitrogens with two attached hydrogens (primary N) is 2. The highest BCUT2D eigenvalue weighted by Crippen LogP contribution is 2.46. The number of carbonyl (C=O) groups excluding carboxylic acids is 3. The summed E-state index contributed by atoms with van der Waals surface area (Å²) in [5.41, 5.74) is 9.00. The standard InChI is InChI=1S/C16H18N4O7S2/c1-26-16(19-11(21)9(17)8-3-2-4-28-8)13(24)20-10(12(22)23)7(5-27-15(18)25)6-29-14(16)20/h2-4,9,14H,5-6,17H2,1H3,(H2,18,25)(H,19,21)(H,22,23)/t9?,14-,16+/m1/s1. The molecule has 0 spiro atoms. The Hall–Kier alpha value is -2.61. The van der Waals surface area contributed by atoms with Crippen LogP contribution in [0.15, 0.2) is 28.8 Å². The van der Waals surface area contributed by atoms with Crippen LogP contribution >= 0.6 is 23.1 Å². The van der Waals surface area contributed by atoms with Gasteiger partial charge in [-0.3, -0.25) is 14.5 Å². The van der Waals surface area contributed by atoms with Gasteiger partial charge in [0.1, 0.15) is 23.7 Å². The molecule has 11 nitrogen and oxygen atoms in total. The molecule has 3 amide bonds. The lowest BCUT2D eigenvalue weighted by Gasteiger charge is -2.55. The Morgan fingerprint density at radius 2 is 2.21 bits per heavy atom. The first-order chi connectivity index (χ1) is 13.7. The number of nitrogens with zero attached hydrogens (tertiary/aromatic N) is 1. The van der Waals surface area contributed by atoms with Crippen LogP contribution in [0.25, 0.3) is 0 Å². The van der Waals surface area contributed by atoms with Crippen molar-refractivity contribution in [2.45, 2.75) is 17.1 Å². The largest absolute Gasteiger partial charge is 0.477 e. The molecule has 3 atom stereocenters. The topological polar surface area (TPSA) is 174 Å². The van der Waals surface area contributed by atoms with E-state index in [0.29, 0.717) is 4.88 Å². The number of amides is 3. The molecule has 0 radical (unpaired) electrons. The molecule has 0 saturated carbocycles. The number of hydrogen-bond donors (Lipinski definition) is 4. The summed E-state index contributed by atoms with van der Waals surface area (Å²) in [6.07, 6.45) is -1.06. The predicted octanol–water partition coefficient (Wildman–Crippen LogP) is -0.444. The Morgan fingerprint density at radius 3 is 2.76 bits per heavy atom. The molecule has 0 bridgehead atoms. The molecule has 2 aliphatic rings. The first-order valence-corrected chi connectivity index (χ1v) is 10.1. The van der Waals surface area contributed by atoms with Crippen molar-refractivity contribution in [2.75, 3.05) is 19.5 Å². The maximum absolute atomic E-state index is 12.9. The number of methoxy groups -OCH3 is 1. The summed E-state index contributed by atoms with van der Waals surface area (Å²) >= 11 is 2.44. The van der Waals surface area contributed by atoms with Gasteiger partial charge in [-0.2, -0.15) is 0 Å². The first-order valence-electron chi connectivity index (χ1n) is 8.22. The minimum absolute atomic E-state index is 0.126. The van der Waals surface area contributed by atoms with Crippen molar-refractivity contribution in [1.29, 1.82) is 0 Å². The van der Waals surface area contributed by atoms with E-state index in [1.807, 2.05) is 0 Å². The second-order valence-electron chi connectivity index (χ2n) is 6.13. The minimum Gasteiger partial charge on any atom is -0.477 e. The molecule has 1 fully saturated rings. The molecule has 156 valence electrons. The Balaban J connectivity index is 1.84. The fraction of sp³-hybridized carbons (Fsp3) is 0.375. The second-order valence-corrected chi connectivity index (χ2v) is 8.17. The molecule has 3 rings (SSSR count). The molecule has 1 unspecified atom stereocenters. The average molecular weight is 442 g/mol. The molecule has 0 aromatic carbocycles. The number of carbonyl (C=O) groups is 4. The lowest BCUT2D eigenvalue weighted by Crippen LogP contribution is -2.81. The van der Waals surface area contributed by atoms with Gasteiger partial charge in [0.25, 0.3) is 11.6 Å². The predicted molar refractivity (Wildman–Crippen MR) is 102 cm³/mol. The smallest absolute Gasteiger partial charge is 0.404 e. The van der Waals surface area contributed by atoms with Crippen molar-refractivity contribution in [3.63, 3.8) is 0 Å². The Bertz CT molecular complexity index is 888. The van der Waals surface area contributed by atoms with Gasteiger partial charge < -0.3 is 31.4 Å². The summed E-state index contributed by atoms with van der Waals surface area (Å²) in [6, 6.07) is 2.42. The number of thioether (sulfide) groups is 1. The number of fused-ring (bicyclic) bond motifs is 1. The Labute approximate surface area is 173 Å². The van der Waals surface area contributed by atoms with Crippen LogP contribution in [0.3, 0.4) is 0 Å². The van der Waals surface area contributed by atoms with E-state index >= 15 is 0 Å². The Kier molecular flexibility index (Phi) is 5.84. The summed E-state index contributed by atoms with van der Waals surface area (Å²) in [5.74, 6) is -2.65. The van der Waals surface area contributed by atoms with Gasteiger partial charge in [0, 0.05) is 23.3 Å². The molecule has 3 heterocycles. The summed E-state index contributed by atoms with van der Waals surface area (Å²) in [4.78, 5) is 49.7. The maximum atomic E-state index is 12.9.